The molecule has 1 aliphatic heterocycles. The fourth-order valence-electron chi connectivity index (χ4n) is 2.56. The summed E-state index contributed by atoms with van der Waals surface area (Å²) in [7, 11) is 3.93. The molecule has 0 bridgehead atoms. The molecule has 7 heteroatoms. The average Bonchev–Trinajstić information content (AvgIpc) is 3.03. The number of hydrogen-bond donors (Lipinski definition) is 3. The summed E-state index contributed by atoms with van der Waals surface area (Å²) in [5.74, 6) is -0.319. The Morgan fingerprint density at radius 3 is 2.65 bits per heavy atom. The number of aliphatic hydroxyl groups is 1. The molecule has 2 fully saturated rings. The summed E-state index contributed by atoms with van der Waals surface area (Å²) in [6, 6.07) is -0.0310. The number of hydrogen-bond acceptors (Lipinski definition) is 5. The van der Waals surface area contributed by atoms with Crippen LogP contribution >= 0.6 is 0 Å². The van der Waals surface area contributed by atoms with E-state index in [0.717, 1.165) is 19.4 Å². The third kappa shape index (κ3) is 4.73. The van der Waals surface area contributed by atoms with E-state index in [1.54, 1.807) is 0 Å². The summed E-state index contributed by atoms with van der Waals surface area (Å²) in [6.07, 6.45) is 2.25. The fourth-order valence-corrected chi connectivity index (χ4v) is 2.56. The molecule has 1 saturated heterocycles. The van der Waals surface area contributed by atoms with Crippen molar-refractivity contribution in [3.05, 3.63) is 0 Å². The van der Waals surface area contributed by atoms with Crippen molar-refractivity contribution in [1.29, 1.82) is 0 Å². The summed E-state index contributed by atoms with van der Waals surface area (Å²) in [4.78, 5) is 27.3. The van der Waals surface area contributed by atoms with Crippen LogP contribution in [0.5, 0.6) is 0 Å². The number of likely N-dealkylation sites (tertiary alicyclic amines) is 1. The van der Waals surface area contributed by atoms with Crippen molar-refractivity contribution in [2.75, 3.05) is 33.7 Å². The Bertz CT molecular complexity index is 371. The monoisotopic (exact) mass is 284 g/mol. The lowest BCUT2D eigenvalue weighted by molar-refractivity contribution is -0.121. The van der Waals surface area contributed by atoms with E-state index in [1.807, 2.05) is 23.9 Å². The van der Waals surface area contributed by atoms with Crippen LogP contribution < -0.4 is 10.6 Å². The van der Waals surface area contributed by atoms with E-state index in [1.165, 1.54) is 0 Å². The van der Waals surface area contributed by atoms with Gasteiger partial charge in [0.15, 0.2) is 0 Å². The molecule has 20 heavy (non-hydrogen) atoms. The Morgan fingerprint density at radius 2 is 2.05 bits per heavy atom. The highest BCUT2D eigenvalue weighted by Crippen LogP contribution is 2.19. The zero-order valence-corrected chi connectivity index (χ0v) is 12.1. The molecule has 2 rings (SSSR count). The van der Waals surface area contributed by atoms with Gasteiger partial charge in [0.25, 0.3) is 0 Å². The molecule has 1 heterocycles. The van der Waals surface area contributed by atoms with E-state index >= 15 is 0 Å². The van der Waals surface area contributed by atoms with E-state index in [0.29, 0.717) is 13.0 Å². The highest BCUT2D eigenvalue weighted by Gasteiger charge is 2.32. The number of likely N-dealkylation sites (N-methyl/N-ethyl adjacent to an activating group) is 1. The van der Waals surface area contributed by atoms with E-state index in [-0.39, 0.29) is 24.5 Å². The van der Waals surface area contributed by atoms with Crippen LogP contribution in [-0.4, -0.2) is 78.8 Å². The molecule has 0 aromatic rings. The lowest BCUT2D eigenvalue weighted by atomic mass is 10.2. The Morgan fingerprint density at radius 1 is 1.35 bits per heavy atom. The minimum atomic E-state index is -0.415. The minimum Gasteiger partial charge on any atom is -0.392 e. The molecule has 7 nitrogen and oxygen atoms in total. The summed E-state index contributed by atoms with van der Waals surface area (Å²) < 4.78 is 0. The van der Waals surface area contributed by atoms with Gasteiger partial charge < -0.3 is 15.3 Å². The summed E-state index contributed by atoms with van der Waals surface area (Å²) in [5.41, 5.74) is 0. The Balaban J connectivity index is 1.77. The van der Waals surface area contributed by atoms with Crippen molar-refractivity contribution in [1.82, 2.24) is 20.4 Å². The number of nitrogens with one attached hydrogen (secondary N) is 2. The molecule has 0 radical (unpaired) electrons. The standard InChI is InChI=1S/C13H24N4O3/c1-16(2)6-10-5-11(18)7-17(10)8-12(19)15-13(20)14-9-3-4-9/h9-11,18H,3-8H2,1-2H3,(H2,14,15,19,20). The SMILES string of the molecule is CN(C)CC1CC(O)CN1CC(=O)NC(=O)NC1CC1. The van der Waals surface area contributed by atoms with Gasteiger partial charge in [0, 0.05) is 25.2 Å². The molecule has 3 amide bonds. The van der Waals surface area contributed by atoms with E-state index < -0.39 is 12.1 Å². The lowest BCUT2D eigenvalue weighted by Gasteiger charge is -2.25. The fraction of sp³-hybridized carbons (Fsp3) is 0.846. The number of amides is 3. The van der Waals surface area contributed by atoms with Crippen LogP contribution in [0, 0.1) is 0 Å². The highest BCUT2D eigenvalue weighted by atomic mass is 16.3. The van der Waals surface area contributed by atoms with Gasteiger partial charge in [0.2, 0.25) is 5.91 Å². The van der Waals surface area contributed by atoms with Crippen LogP contribution in [0.25, 0.3) is 0 Å². The van der Waals surface area contributed by atoms with Gasteiger partial charge in [-0.15, -0.1) is 0 Å². The first-order valence-electron chi connectivity index (χ1n) is 7.11. The van der Waals surface area contributed by atoms with Gasteiger partial charge in [0.05, 0.1) is 12.6 Å². The van der Waals surface area contributed by atoms with Crippen molar-refractivity contribution >= 4 is 11.9 Å². The smallest absolute Gasteiger partial charge is 0.321 e. The molecule has 114 valence electrons. The van der Waals surface area contributed by atoms with Crippen molar-refractivity contribution in [3.63, 3.8) is 0 Å². The number of rotatable bonds is 5. The molecule has 2 atom stereocenters. The molecular weight excluding hydrogens is 260 g/mol. The first-order chi connectivity index (χ1) is 9.44. The second kappa shape index (κ2) is 6.51. The predicted octanol–water partition coefficient (Wildman–Crippen LogP) is -1.03. The summed E-state index contributed by atoms with van der Waals surface area (Å²) in [6.45, 7) is 1.42. The molecule has 1 saturated carbocycles. The normalized spacial score (nSPS) is 26.8. The van der Waals surface area contributed by atoms with Crippen LogP contribution in [-0.2, 0) is 4.79 Å². The van der Waals surface area contributed by atoms with Gasteiger partial charge in [-0.3, -0.25) is 15.0 Å². The second-order valence-electron chi connectivity index (χ2n) is 6.03. The minimum absolute atomic E-state index is 0.146. The molecule has 3 N–H and O–H groups in total. The molecule has 0 aromatic heterocycles. The maximum atomic E-state index is 11.8. The first-order valence-corrected chi connectivity index (χ1v) is 7.11. The van der Waals surface area contributed by atoms with Crippen LogP contribution in [0.15, 0.2) is 0 Å². The number of imide groups is 1. The molecule has 2 aliphatic rings. The number of carbonyl (C=O) groups excluding carboxylic acids is 2. The van der Waals surface area contributed by atoms with Gasteiger partial charge in [-0.2, -0.15) is 0 Å². The van der Waals surface area contributed by atoms with Crippen molar-refractivity contribution in [3.8, 4) is 0 Å². The topological polar surface area (TPSA) is 84.9 Å². The lowest BCUT2D eigenvalue weighted by Crippen LogP contribution is -2.47. The van der Waals surface area contributed by atoms with E-state index in [9.17, 15) is 14.7 Å². The molecular formula is C13H24N4O3. The Kier molecular flexibility index (Phi) is 4.95. The van der Waals surface area contributed by atoms with Crippen molar-refractivity contribution < 1.29 is 14.7 Å². The van der Waals surface area contributed by atoms with Crippen LogP contribution in [0.3, 0.4) is 0 Å². The molecule has 2 unspecified atom stereocenters. The van der Waals surface area contributed by atoms with E-state index in [2.05, 4.69) is 10.6 Å². The predicted molar refractivity (Wildman–Crippen MR) is 74.2 cm³/mol. The quantitative estimate of drug-likeness (QED) is 0.601. The highest BCUT2D eigenvalue weighted by molar-refractivity contribution is 5.95. The van der Waals surface area contributed by atoms with Gasteiger partial charge in [-0.25, -0.2) is 4.79 Å². The third-order valence-electron chi connectivity index (χ3n) is 3.59. The van der Waals surface area contributed by atoms with Gasteiger partial charge in [-0.05, 0) is 33.4 Å². The van der Waals surface area contributed by atoms with Gasteiger partial charge >= 0.3 is 6.03 Å². The summed E-state index contributed by atoms with van der Waals surface area (Å²) in [5, 5.41) is 14.8. The number of urea groups is 1. The maximum Gasteiger partial charge on any atom is 0.321 e. The number of carbonyl (C=O) groups is 2. The van der Waals surface area contributed by atoms with Gasteiger partial charge in [0.1, 0.15) is 0 Å². The van der Waals surface area contributed by atoms with Gasteiger partial charge in [-0.1, -0.05) is 0 Å². The first kappa shape index (κ1) is 15.2. The Labute approximate surface area is 119 Å². The maximum absolute atomic E-state index is 11.8. The molecule has 1 aliphatic carbocycles. The number of nitrogens with zero attached hydrogens (tertiary/aromatic N) is 2. The molecule has 0 aromatic carbocycles. The second-order valence-corrected chi connectivity index (χ2v) is 6.03. The average molecular weight is 284 g/mol. The largest absolute Gasteiger partial charge is 0.392 e. The zero-order chi connectivity index (χ0) is 14.7. The number of aliphatic hydroxyl groups excluding tert-OH is 1. The number of β-amino-alcohol motifs (C(OH)–C–C–N with tert-alkyl or cyclic N) is 1. The van der Waals surface area contributed by atoms with Crippen molar-refractivity contribution in [2.45, 2.75) is 37.5 Å². The Hall–Kier alpha value is -1.18. The summed E-state index contributed by atoms with van der Waals surface area (Å²) >= 11 is 0. The van der Waals surface area contributed by atoms with Crippen LogP contribution in [0.4, 0.5) is 4.79 Å². The van der Waals surface area contributed by atoms with Crippen LogP contribution in [0.2, 0.25) is 0 Å². The van der Waals surface area contributed by atoms with Crippen LogP contribution in [0.1, 0.15) is 19.3 Å². The van der Waals surface area contributed by atoms with E-state index in [4.69, 9.17) is 0 Å². The zero-order valence-electron chi connectivity index (χ0n) is 12.1. The van der Waals surface area contributed by atoms with Crippen molar-refractivity contribution in [2.24, 2.45) is 0 Å². The third-order valence-corrected chi connectivity index (χ3v) is 3.59. The molecule has 0 spiro atoms.